The minimum atomic E-state index is -3.67. The molecule has 25 heavy (non-hydrogen) atoms. The second-order valence-electron chi connectivity index (χ2n) is 5.89. The molecule has 0 saturated carbocycles. The molecule has 0 amide bonds. The number of para-hydroxylation sites is 1. The maximum absolute atomic E-state index is 13.2. The van der Waals surface area contributed by atoms with Crippen molar-refractivity contribution in [2.45, 2.75) is 9.79 Å². The summed E-state index contributed by atoms with van der Waals surface area (Å²) in [6.45, 7) is 0.932. The molecule has 0 atom stereocenters. The Bertz CT molecular complexity index is 997. The molecule has 3 aromatic rings. The van der Waals surface area contributed by atoms with E-state index < -0.39 is 10.0 Å². The summed E-state index contributed by atoms with van der Waals surface area (Å²) in [7, 11) is 0.387. The standard InChI is InChI=1S/C18H19BrN2O2S2/c1-20(2)11-12-24-17-13-21(16-9-5-3-7-14(16)17)25(22,23)18-10-6-4-8-15(18)19/h3-10,13H,11-12H2,1-2H3. The molecule has 2 aromatic carbocycles. The van der Waals surface area contributed by atoms with Crippen molar-refractivity contribution in [2.75, 3.05) is 26.4 Å². The largest absolute Gasteiger partial charge is 0.309 e. The van der Waals surface area contributed by atoms with Gasteiger partial charge >= 0.3 is 0 Å². The third kappa shape index (κ3) is 3.79. The first-order valence-electron chi connectivity index (χ1n) is 7.79. The van der Waals surface area contributed by atoms with Gasteiger partial charge in [-0.3, -0.25) is 0 Å². The summed E-state index contributed by atoms with van der Waals surface area (Å²) in [5.74, 6) is 0.899. The molecule has 0 aliphatic rings. The summed E-state index contributed by atoms with van der Waals surface area (Å²) in [5, 5.41) is 0.960. The van der Waals surface area contributed by atoms with Crippen LogP contribution >= 0.6 is 27.7 Å². The fourth-order valence-corrected chi connectivity index (χ4v) is 6.12. The molecule has 1 heterocycles. The quantitative estimate of drug-likeness (QED) is 0.538. The van der Waals surface area contributed by atoms with Gasteiger partial charge in [0.05, 0.1) is 5.52 Å². The van der Waals surface area contributed by atoms with Crippen molar-refractivity contribution in [3.63, 3.8) is 0 Å². The lowest BCUT2D eigenvalue weighted by Crippen LogP contribution is -2.14. The number of halogens is 1. The predicted octanol–water partition coefficient (Wildman–Crippen LogP) is 4.29. The fraction of sp³-hybridized carbons (Fsp3) is 0.222. The minimum Gasteiger partial charge on any atom is -0.309 e. The topological polar surface area (TPSA) is 42.3 Å². The van der Waals surface area contributed by atoms with Gasteiger partial charge in [0.1, 0.15) is 4.90 Å². The van der Waals surface area contributed by atoms with Crippen LogP contribution in [0.25, 0.3) is 10.9 Å². The van der Waals surface area contributed by atoms with Crippen LogP contribution in [-0.2, 0) is 10.0 Å². The normalized spacial score (nSPS) is 12.2. The third-order valence-electron chi connectivity index (χ3n) is 3.81. The maximum atomic E-state index is 13.2. The van der Waals surface area contributed by atoms with E-state index in [9.17, 15) is 8.42 Å². The van der Waals surface area contributed by atoms with Crippen LogP contribution in [-0.4, -0.2) is 43.7 Å². The molecule has 0 fully saturated rings. The van der Waals surface area contributed by atoms with Crippen LogP contribution in [0.1, 0.15) is 0 Å². The highest BCUT2D eigenvalue weighted by atomic mass is 79.9. The summed E-state index contributed by atoms with van der Waals surface area (Å²) in [4.78, 5) is 3.36. The maximum Gasteiger partial charge on any atom is 0.269 e. The molecule has 0 spiro atoms. The van der Waals surface area contributed by atoms with Gasteiger partial charge in [0.25, 0.3) is 10.0 Å². The average molecular weight is 439 g/mol. The van der Waals surface area contributed by atoms with Crippen LogP contribution in [0.3, 0.4) is 0 Å². The monoisotopic (exact) mass is 438 g/mol. The van der Waals surface area contributed by atoms with E-state index in [1.54, 1.807) is 42.2 Å². The Morgan fingerprint density at radius 2 is 1.76 bits per heavy atom. The van der Waals surface area contributed by atoms with Gasteiger partial charge in [-0.15, -0.1) is 11.8 Å². The van der Waals surface area contributed by atoms with Crippen LogP contribution in [0.5, 0.6) is 0 Å². The third-order valence-corrected chi connectivity index (χ3v) is 7.52. The first-order valence-corrected chi connectivity index (χ1v) is 11.0. The second-order valence-corrected chi connectivity index (χ2v) is 9.67. The Kier molecular flexibility index (Phi) is 5.58. The number of fused-ring (bicyclic) bond motifs is 1. The molecule has 0 aliphatic heterocycles. The van der Waals surface area contributed by atoms with E-state index in [4.69, 9.17) is 0 Å². The van der Waals surface area contributed by atoms with Crippen molar-refractivity contribution >= 4 is 48.6 Å². The molecule has 4 nitrogen and oxygen atoms in total. The zero-order valence-electron chi connectivity index (χ0n) is 14.0. The van der Waals surface area contributed by atoms with Crippen molar-refractivity contribution in [1.29, 1.82) is 0 Å². The first kappa shape index (κ1) is 18.5. The van der Waals surface area contributed by atoms with Crippen molar-refractivity contribution in [2.24, 2.45) is 0 Å². The van der Waals surface area contributed by atoms with Crippen LogP contribution in [0.4, 0.5) is 0 Å². The summed E-state index contributed by atoms with van der Waals surface area (Å²) in [5.41, 5.74) is 0.700. The van der Waals surface area contributed by atoms with E-state index in [1.165, 1.54) is 3.97 Å². The van der Waals surface area contributed by atoms with E-state index in [0.717, 1.165) is 22.6 Å². The molecule has 0 radical (unpaired) electrons. The lowest BCUT2D eigenvalue weighted by molar-refractivity contribution is 0.437. The summed E-state index contributed by atoms with van der Waals surface area (Å²) in [6, 6.07) is 14.5. The van der Waals surface area contributed by atoms with E-state index in [0.29, 0.717) is 9.99 Å². The number of thioether (sulfide) groups is 1. The molecule has 0 unspecified atom stereocenters. The molecular weight excluding hydrogens is 420 g/mol. The highest BCUT2D eigenvalue weighted by Gasteiger charge is 2.23. The van der Waals surface area contributed by atoms with Gasteiger partial charge in [-0.2, -0.15) is 0 Å². The van der Waals surface area contributed by atoms with E-state index >= 15 is 0 Å². The molecule has 0 aliphatic carbocycles. The Balaban J connectivity index is 2.09. The molecular formula is C18H19BrN2O2S2. The highest BCUT2D eigenvalue weighted by molar-refractivity contribution is 9.10. The lowest BCUT2D eigenvalue weighted by atomic mass is 10.2. The number of hydrogen-bond acceptors (Lipinski definition) is 4. The first-order chi connectivity index (χ1) is 11.9. The number of aromatic nitrogens is 1. The number of rotatable bonds is 6. The Morgan fingerprint density at radius 1 is 1.08 bits per heavy atom. The average Bonchev–Trinajstić information content (AvgIpc) is 2.95. The van der Waals surface area contributed by atoms with Gasteiger partial charge in [-0.1, -0.05) is 30.3 Å². The number of benzene rings is 2. The van der Waals surface area contributed by atoms with Crippen LogP contribution in [0.2, 0.25) is 0 Å². The Labute approximate surface area is 161 Å². The van der Waals surface area contributed by atoms with Crippen LogP contribution in [0.15, 0.2) is 69.0 Å². The van der Waals surface area contributed by atoms with E-state index in [-0.39, 0.29) is 4.90 Å². The number of hydrogen-bond donors (Lipinski definition) is 0. The van der Waals surface area contributed by atoms with Gasteiger partial charge in [-0.25, -0.2) is 12.4 Å². The van der Waals surface area contributed by atoms with Gasteiger partial charge in [0, 0.05) is 33.2 Å². The predicted molar refractivity (Wildman–Crippen MR) is 108 cm³/mol. The summed E-state index contributed by atoms with van der Waals surface area (Å²) < 4.78 is 28.3. The Hall–Kier alpha value is -1.28. The van der Waals surface area contributed by atoms with Gasteiger partial charge in [0.2, 0.25) is 0 Å². The molecule has 132 valence electrons. The van der Waals surface area contributed by atoms with Gasteiger partial charge < -0.3 is 4.90 Å². The molecule has 0 bridgehead atoms. The van der Waals surface area contributed by atoms with Gasteiger partial charge in [0.15, 0.2) is 0 Å². The van der Waals surface area contributed by atoms with Crippen molar-refractivity contribution in [1.82, 2.24) is 8.87 Å². The van der Waals surface area contributed by atoms with Crippen LogP contribution < -0.4 is 0 Å². The molecule has 1 aromatic heterocycles. The highest BCUT2D eigenvalue weighted by Crippen LogP contribution is 2.33. The molecule has 7 heteroatoms. The van der Waals surface area contributed by atoms with Gasteiger partial charge in [-0.05, 0) is 48.2 Å². The van der Waals surface area contributed by atoms with Crippen LogP contribution in [0, 0.1) is 0 Å². The summed E-state index contributed by atoms with van der Waals surface area (Å²) >= 11 is 5.03. The SMILES string of the molecule is CN(C)CCSc1cn(S(=O)(=O)c2ccccc2Br)c2ccccc12. The minimum absolute atomic E-state index is 0.264. The smallest absolute Gasteiger partial charge is 0.269 e. The fourth-order valence-electron chi connectivity index (χ4n) is 2.53. The van der Waals surface area contributed by atoms with Crippen molar-refractivity contribution in [3.05, 3.63) is 59.2 Å². The zero-order valence-corrected chi connectivity index (χ0v) is 17.2. The zero-order chi connectivity index (χ0) is 18.0. The van der Waals surface area contributed by atoms with E-state index in [2.05, 4.69) is 20.8 Å². The van der Waals surface area contributed by atoms with Crippen molar-refractivity contribution < 1.29 is 8.42 Å². The Morgan fingerprint density at radius 3 is 2.48 bits per heavy atom. The number of nitrogens with zero attached hydrogens (tertiary/aromatic N) is 2. The van der Waals surface area contributed by atoms with Crippen molar-refractivity contribution in [3.8, 4) is 0 Å². The lowest BCUT2D eigenvalue weighted by Gasteiger charge is -2.09. The van der Waals surface area contributed by atoms with E-state index in [1.807, 2.05) is 38.4 Å². The molecule has 3 rings (SSSR count). The molecule has 0 N–H and O–H groups in total. The second kappa shape index (κ2) is 7.53. The molecule has 0 saturated heterocycles. The summed E-state index contributed by atoms with van der Waals surface area (Å²) in [6.07, 6.45) is 1.74.